The molecule has 33 heavy (non-hydrogen) atoms. The van der Waals surface area contributed by atoms with Crippen molar-refractivity contribution in [3.8, 4) is 5.75 Å². The van der Waals surface area contributed by atoms with Crippen molar-refractivity contribution in [1.82, 2.24) is 9.80 Å². The van der Waals surface area contributed by atoms with Crippen molar-refractivity contribution in [3.05, 3.63) is 51.7 Å². The van der Waals surface area contributed by atoms with Crippen LogP contribution in [0.3, 0.4) is 0 Å². The number of hydrogen-bond acceptors (Lipinski definition) is 4. The summed E-state index contributed by atoms with van der Waals surface area (Å²) in [6, 6.07) is 10.1. The molecule has 1 saturated heterocycles. The number of piperidine rings is 1. The number of likely N-dealkylation sites (N-methyl/N-ethyl adjacent to an activating group) is 1. The van der Waals surface area contributed by atoms with Gasteiger partial charge < -0.3 is 14.5 Å². The fraction of sp³-hybridized carbons (Fsp3) is 0.556. The summed E-state index contributed by atoms with van der Waals surface area (Å²) >= 11 is 1.67. The standard InChI is InChI=1S/C27H36N2O3S/c1-4-23-17-22(18-33-23)26(31)29-15-13-27(14-16-29)12-8-7-10-21-9-5-6-11-24(21)32-20(2)25(30)28(3)19-27/h5-6,9,11,17-18,20H,4,7-8,10,12-16,19H2,1-3H3/t20-/m1/s1. The molecule has 1 aromatic carbocycles. The van der Waals surface area contributed by atoms with Gasteiger partial charge in [-0.15, -0.1) is 11.3 Å². The number of hydrogen-bond donors (Lipinski definition) is 0. The zero-order chi connectivity index (χ0) is 23.4. The van der Waals surface area contributed by atoms with Gasteiger partial charge in [0.15, 0.2) is 6.10 Å². The molecule has 3 heterocycles. The van der Waals surface area contributed by atoms with Crippen molar-refractivity contribution >= 4 is 23.2 Å². The molecule has 0 unspecified atom stereocenters. The van der Waals surface area contributed by atoms with E-state index >= 15 is 0 Å². The van der Waals surface area contributed by atoms with E-state index in [1.807, 2.05) is 53.4 Å². The lowest BCUT2D eigenvalue weighted by Gasteiger charge is -2.44. The number of aryl methyl sites for hydroxylation is 2. The minimum absolute atomic E-state index is 0.0219. The summed E-state index contributed by atoms with van der Waals surface area (Å²) in [6.07, 6.45) is 6.60. The molecule has 1 aromatic heterocycles. The summed E-state index contributed by atoms with van der Waals surface area (Å²) in [4.78, 5) is 31.3. The second-order valence-electron chi connectivity index (χ2n) is 9.72. The highest BCUT2D eigenvalue weighted by molar-refractivity contribution is 7.10. The molecule has 1 fully saturated rings. The molecule has 2 aliphatic rings. The predicted octanol–water partition coefficient (Wildman–Crippen LogP) is 5.19. The molecule has 0 radical (unpaired) electrons. The van der Waals surface area contributed by atoms with E-state index in [1.54, 1.807) is 11.3 Å². The fourth-order valence-electron chi connectivity index (χ4n) is 5.31. The molecule has 0 N–H and O–H groups in total. The van der Waals surface area contributed by atoms with E-state index in [1.165, 1.54) is 10.4 Å². The molecular weight excluding hydrogens is 432 g/mol. The number of fused-ring (bicyclic) bond motifs is 1. The van der Waals surface area contributed by atoms with E-state index in [0.29, 0.717) is 0 Å². The van der Waals surface area contributed by atoms with E-state index in [2.05, 4.69) is 13.0 Å². The van der Waals surface area contributed by atoms with Crippen molar-refractivity contribution in [3.63, 3.8) is 0 Å². The highest BCUT2D eigenvalue weighted by Gasteiger charge is 2.38. The number of amides is 2. The second kappa shape index (κ2) is 10.3. The zero-order valence-electron chi connectivity index (χ0n) is 20.1. The van der Waals surface area contributed by atoms with Crippen LogP contribution in [0.2, 0.25) is 0 Å². The van der Waals surface area contributed by atoms with Gasteiger partial charge in [-0.1, -0.05) is 31.5 Å². The van der Waals surface area contributed by atoms with Crippen LogP contribution in [-0.4, -0.2) is 54.4 Å². The van der Waals surface area contributed by atoms with Crippen LogP contribution in [0.5, 0.6) is 5.75 Å². The number of carbonyl (C=O) groups is 2. The maximum Gasteiger partial charge on any atom is 0.263 e. The van der Waals surface area contributed by atoms with Gasteiger partial charge >= 0.3 is 0 Å². The Balaban J connectivity index is 1.46. The Morgan fingerprint density at radius 2 is 1.94 bits per heavy atom. The third-order valence-corrected chi connectivity index (χ3v) is 8.42. The lowest BCUT2D eigenvalue weighted by molar-refractivity contribution is -0.138. The third-order valence-electron chi connectivity index (χ3n) is 7.34. The Kier molecular flexibility index (Phi) is 7.42. The normalized spacial score (nSPS) is 21.7. The summed E-state index contributed by atoms with van der Waals surface area (Å²) in [5.41, 5.74) is 2.06. The summed E-state index contributed by atoms with van der Waals surface area (Å²) in [5.74, 6) is 0.999. The number of para-hydroxylation sites is 1. The highest BCUT2D eigenvalue weighted by Crippen LogP contribution is 2.39. The molecular formula is C27H36N2O3S. The number of benzene rings is 1. The number of nitrogens with zero attached hydrogens (tertiary/aromatic N) is 2. The first-order valence-electron chi connectivity index (χ1n) is 12.3. The Hall–Kier alpha value is -2.34. The number of ether oxygens (including phenoxy) is 1. The maximum atomic E-state index is 13.1. The molecule has 1 atom stereocenters. The summed E-state index contributed by atoms with van der Waals surface area (Å²) in [5, 5.41) is 1.99. The van der Waals surface area contributed by atoms with E-state index in [4.69, 9.17) is 4.74 Å². The summed E-state index contributed by atoms with van der Waals surface area (Å²) in [7, 11) is 1.90. The molecule has 2 aromatic rings. The molecule has 0 aliphatic carbocycles. The zero-order valence-corrected chi connectivity index (χ0v) is 21.0. The van der Waals surface area contributed by atoms with E-state index < -0.39 is 6.10 Å². The number of carbonyl (C=O) groups excluding carboxylic acids is 2. The monoisotopic (exact) mass is 468 g/mol. The van der Waals surface area contributed by atoms with Gasteiger partial charge in [0.05, 0.1) is 5.56 Å². The highest BCUT2D eigenvalue weighted by atomic mass is 32.1. The van der Waals surface area contributed by atoms with Gasteiger partial charge in [0, 0.05) is 36.9 Å². The number of rotatable bonds is 2. The lowest BCUT2D eigenvalue weighted by atomic mass is 9.73. The van der Waals surface area contributed by atoms with Gasteiger partial charge in [0.1, 0.15) is 5.75 Å². The van der Waals surface area contributed by atoms with Crippen LogP contribution < -0.4 is 4.74 Å². The third kappa shape index (κ3) is 5.43. The molecule has 178 valence electrons. The SMILES string of the molecule is CCc1cc(C(=O)N2CCC3(CCCCc4ccccc4O[C@H](C)C(=O)N(C)C3)CC2)cs1. The Morgan fingerprint density at radius 1 is 1.18 bits per heavy atom. The van der Waals surface area contributed by atoms with Crippen LogP contribution in [0.4, 0.5) is 0 Å². The van der Waals surface area contributed by atoms with Gasteiger partial charge in [0.25, 0.3) is 11.8 Å². The van der Waals surface area contributed by atoms with Gasteiger partial charge in [-0.25, -0.2) is 0 Å². The first-order chi connectivity index (χ1) is 15.9. The smallest absolute Gasteiger partial charge is 0.263 e. The average molecular weight is 469 g/mol. The van der Waals surface area contributed by atoms with Crippen molar-refractivity contribution < 1.29 is 14.3 Å². The van der Waals surface area contributed by atoms with Crippen molar-refractivity contribution in [1.29, 1.82) is 0 Å². The van der Waals surface area contributed by atoms with Crippen molar-refractivity contribution in [2.24, 2.45) is 5.41 Å². The maximum absolute atomic E-state index is 13.1. The van der Waals surface area contributed by atoms with Crippen LogP contribution in [0.1, 0.15) is 66.8 Å². The number of thiophene rings is 1. The van der Waals surface area contributed by atoms with Crippen molar-refractivity contribution in [2.45, 2.75) is 64.9 Å². The Bertz CT molecular complexity index is 977. The molecule has 1 spiro atoms. The first kappa shape index (κ1) is 23.8. The minimum atomic E-state index is -0.513. The summed E-state index contributed by atoms with van der Waals surface area (Å²) < 4.78 is 6.09. The van der Waals surface area contributed by atoms with Crippen molar-refractivity contribution in [2.75, 3.05) is 26.7 Å². The molecule has 2 aliphatic heterocycles. The fourth-order valence-corrected chi connectivity index (χ4v) is 6.11. The molecule has 2 amide bonds. The van der Waals surface area contributed by atoms with E-state index in [-0.39, 0.29) is 17.2 Å². The molecule has 4 rings (SSSR count). The second-order valence-corrected chi connectivity index (χ2v) is 10.7. The topological polar surface area (TPSA) is 49.9 Å². The van der Waals surface area contributed by atoms with Crippen LogP contribution >= 0.6 is 11.3 Å². The lowest BCUT2D eigenvalue weighted by Crippen LogP contribution is -2.50. The first-order valence-corrected chi connectivity index (χ1v) is 13.1. The summed E-state index contributed by atoms with van der Waals surface area (Å²) in [6.45, 7) is 6.21. The van der Waals surface area contributed by atoms with E-state index in [9.17, 15) is 9.59 Å². The van der Waals surface area contributed by atoms with Crippen LogP contribution in [0, 0.1) is 5.41 Å². The molecule has 5 nitrogen and oxygen atoms in total. The van der Waals surface area contributed by atoms with Gasteiger partial charge in [0.2, 0.25) is 0 Å². The van der Waals surface area contributed by atoms with Gasteiger partial charge in [-0.2, -0.15) is 0 Å². The minimum Gasteiger partial charge on any atom is -0.481 e. The van der Waals surface area contributed by atoms with Crippen LogP contribution in [0.25, 0.3) is 0 Å². The molecule has 0 saturated carbocycles. The molecule has 6 heteroatoms. The average Bonchev–Trinajstić information content (AvgIpc) is 3.31. The van der Waals surface area contributed by atoms with E-state index in [0.717, 1.165) is 75.9 Å². The van der Waals surface area contributed by atoms with Crippen LogP contribution in [-0.2, 0) is 17.6 Å². The Morgan fingerprint density at radius 3 is 2.67 bits per heavy atom. The van der Waals surface area contributed by atoms with Gasteiger partial charge in [-0.05, 0) is 68.6 Å². The quantitative estimate of drug-likeness (QED) is 0.610. The number of likely N-dealkylation sites (tertiary alicyclic amines) is 1. The van der Waals surface area contributed by atoms with Gasteiger partial charge in [-0.3, -0.25) is 9.59 Å². The van der Waals surface area contributed by atoms with Crippen LogP contribution in [0.15, 0.2) is 35.7 Å². The molecule has 0 bridgehead atoms. The Labute approximate surface area is 201 Å². The largest absolute Gasteiger partial charge is 0.481 e. The predicted molar refractivity (Wildman–Crippen MR) is 133 cm³/mol.